The number of esters is 1. The molecule has 5 heteroatoms. The first-order valence-corrected chi connectivity index (χ1v) is 5.56. The number of aliphatic hydroxyl groups is 1. The highest BCUT2D eigenvalue weighted by molar-refractivity contribution is 6.34. The zero-order chi connectivity index (χ0) is 12.8. The highest BCUT2D eigenvalue weighted by Crippen LogP contribution is 2.24. The Balaban J connectivity index is 2.67. The monoisotopic (exact) mass is 256 g/mol. The average Bonchev–Trinajstić information content (AvgIpc) is 2.29. The smallest absolute Gasteiger partial charge is 0.374 e. The van der Waals surface area contributed by atoms with Crippen LogP contribution in [-0.4, -0.2) is 23.5 Å². The van der Waals surface area contributed by atoms with Crippen molar-refractivity contribution in [3.05, 3.63) is 34.9 Å². The van der Waals surface area contributed by atoms with Gasteiger partial charge in [-0.1, -0.05) is 29.8 Å². The number of hydrogen-bond donors (Lipinski definition) is 1. The molecule has 0 aliphatic carbocycles. The number of carbonyl (C=O) groups excluding carboxylic acids is 2. The van der Waals surface area contributed by atoms with E-state index in [1.807, 2.05) is 0 Å². The van der Waals surface area contributed by atoms with E-state index in [9.17, 15) is 14.7 Å². The largest absolute Gasteiger partial charge is 0.460 e. The molecular weight excluding hydrogens is 244 g/mol. The number of aliphatic hydroxyl groups excluding tert-OH is 1. The molecule has 0 bridgehead atoms. The quantitative estimate of drug-likeness (QED) is 0.646. The van der Waals surface area contributed by atoms with Gasteiger partial charge in [-0.3, -0.25) is 4.79 Å². The molecular formula is C12H13ClO4. The molecule has 1 aromatic rings. The minimum atomic E-state index is -1.10. The van der Waals surface area contributed by atoms with Crippen LogP contribution in [-0.2, 0) is 14.3 Å². The fourth-order valence-corrected chi connectivity index (χ4v) is 1.59. The second-order valence-corrected chi connectivity index (χ2v) is 3.79. The van der Waals surface area contributed by atoms with Gasteiger partial charge in [-0.15, -0.1) is 0 Å². The maximum Gasteiger partial charge on any atom is 0.374 e. The number of halogens is 1. The molecule has 0 aromatic heterocycles. The molecule has 17 heavy (non-hydrogen) atoms. The minimum absolute atomic E-state index is 0.132. The number of hydrogen-bond acceptors (Lipinski definition) is 4. The van der Waals surface area contributed by atoms with Gasteiger partial charge < -0.3 is 9.84 Å². The van der Waals surface area contributed by atoms with Crippen LogP contribution < -0.4 is 0 Å². The molecule has 0 heterocycles. The summed E-state index contributed by atoms with van der Waals surface area (Å²) in [5.74, 6) is -1.70. The molecule has 1 unspecified atom stereocenters. The lowest BCUT2D eigenvalue weighted by molar-refractivity contribution is -0.154. The van der Waals surface area contributed by atoms with Crippen molar-refractivity contribution in [1.82, 2.24) is 0 Å². The number of ether oxygens (including phenoxy) is 1. The standard InChI is InChI=1S/C12H13ClO4/c1-2-17-12(16)11(15)7-10(14)8-5-3-4-6-9(8)13/h3-6,10,14H,2,7H2,1H3. The molecule has 1 atom stereocenters. The Labute approximate surface area is 104 Å². The van der Waals surface area contributed by atoms with Crippen molar-refractivity contribution in [1.29, 1.82) is 0 Å². The molecule has 92 valence electrons. The fourth-order valence-electron chi connectivity index (χ4n) is 1.33. The Morgan fingerprint density at radius 1 is 1.41 bits per heavy atom. The average molecular weight is 257 g/mol. The van der Waals surface area contributed by atoms with Gasteiger partial charge in [-0.05, 0) is 18.6 Å². The van der Waals surface area contributed by atoms with Crippen molar-refractivity contribution >= 4 is 23.4 Å². The third-order valence-electron chi connectivity index (χ3n) is 2.15. The van der Waals surface area contributed by atoms with Gasteiger partial charge in [0.15, 0.2) is 0 Å². The molecule has 0 saturated carbocycles. The van der Waals surface area contributed by atoms with Gasteiger partial charge in [0.05, 0.1) is 12.7 Å². The summed E-state index contributed by atoms with van der Waals surface area (Å²) in [6.45, 7) is 1.74. The summed E-state index contributed by atoms with van der Waals surface area (Å²) < 4.78 is 4.54. The molecule has 0 fully saturated rings. The molecule has 4 nitrogen and oxygen atoms in total. The zero-order valence-corrected chi connectivity index (χ0v) is 10.1. The summed E-state index contributed by atoms with van der Waals surface area (Å²) in [4.78, 5) is 22.4. The lowest BCUT2D eigenvalue weighted by Crippen LogP contribution is -2.19. The number of Topliss-reactive ketones (excluding diaryl/α,β-unsaturated/α-hetero) is 1. The van der Waals surface area contributed by atoms with E-state index in [2.05, 4.69) is 4.74 Å². The molecule has 0 spiro atoms. The van der Waals surface area contributed by atoms with Crippen molar-refractivity contribution in [3.63, 3.8) is 0 Å². The molecule has 1 N–H and O–H groups in total. The fraction of sp³-hybridized carbons (Fsp3) is 0.333. The molecule has 0 amide bonds. The second kappa shape index (κ2) is 6.37. The van der Waals surface area contributed by atoms with Crippen molar-refractivity contribution in [3.8, 4) is 0 Å². The Morgan fingerprint density at radius 2 is 2.06 bits per heavy atom. The molecule has 1 rings (SSSR count). The Kier molecular flexibility index (Phi) is 5.12. The van der Waals surface area contributed by atoms with Crippen LogP contribution >= 0.6 is 11.6 Å². The van der Waals surface area contributed by atoms with E-state index < -0.39 is 17.9 Å². The van der Waals surface area contributed by atoms with Gasteiger partial charge in [0.25, 0.3) is 0 Å². The number of carbonyl (C=O) groups is 2. The van der Waals surface area contributed by atoms with Gasteiger partial charge in [0.2, 0.25) is 5.78 Å². The van der Waals surface area contributed by atoms with Gasteiger partial charge in [-0.25, -0.2) is 4.79 Å². The Morgan fingerprint density at radius 3 is 2.65 bits per heavy atom. The number of rotatable bonds is 5. The molecule has 0 aliphatic rings. The van der Waals surface area contributed by atoms with Crippen molar-refractivity contribution < 1.29 is 19.4 Å². The topological polar surface area (TPSA) is 63.6 Å². The molecule has 1 aromatic carbocycles. The third kappa shape index (κ3) is 3.84. The van der Waals surface area contributed by atoms with E-state index in [1.54, 1.807) is 31.2 Å². The van der Waals surface area contributed by atoms with E-state index >= 15 is 0 Å². The summed E-state index contributed by atoms with van der Waals surface area (Å²) in [6.07, 6.45) is -1.43. The van der Waals surface area contributed by atoms with Crippen LogP contribution in [0.1, 0.15) is 25.0 Å². The minimum Gasteiger partial charge on any atom is -0.460 e. The zero-order valence-electron chi connectivity index (χ0n) is 9.35. The summed E-state index contributed by atoms with van der Waals surface area (Å²) in [5, 5.41) is 10.1. The van der Waals surface area contributed by atoms with Crippen LogP contribution in [0.5, 0.6) is 0 Å². The highest BCUT2D eigenvalue weighted by atomic mass is 35.5. The Bertz CT molecular complexity index is 417. The van der Waals surface area contributed by atoms with Crippen LogP contribution in [0.25, 0.3) is 0 Å². The van der Waals surface area contributed by atoms with Crippen molar-refractivity contribution in [2.45, 2.75) is 19.4 Å². The first kappa shape index (κ1) is 13.7. The van der Waals surface area contributed by atoms with Crippen molar-refractivity contribution in [2.24, 2.45) is 0 Å². The summed E-state index contributed by atoms with van der Waals surface area (Å²) in [7, 11) is 0. The first-order valence-electron chi connectivity index (χ1n) is 5.18. The van der Waals surface area contributed by atoms with Gasteiger partial charge in [0.1, 0.15) is 0 Å². The van der Waals surface area contributed by atoms with Gasteiger partial charge in [-0.2, -0.15) is 0 Å². The summed E-state index contributed by atoms with van der Waals surface area (Å²) in [5.41, 5.74) is 0.423. The number of benzene rings is 1. The summed E-state index contributed by atoms with van der Waals surface area (Å²) in [6, 6.07) is 6.62. The van der Waals surface area contributed by atoms with Crippen LogP contribution in [0.15, 0.2) is 24.3 Å². The third-order valence-corrected chi connectivity index (χ3v) is 2.49. The SMILES string of the molecule is CCOC(=O)C(=O)CC(O)c1ccccc1Cl. The lowest BCUT2D eigenvalue weighted by atomic mass is 10.0. The van der Waals surface area contributed by atoms with Gasteiger partial charge >= 0.3 is 5.97 Å². The van der Waals surface area contributed by atoms with Crippen molar-refractivity contribution in [2.75, 3.05) is 6.61 Å². The van der Waals surface area contributed by atoms with E-state index in [1.165, 1.54) is 0 Å². The maximum atomic E-state index is 11.4. The van der Waals surface area contributed by atoms with E-state index in [-0.39, 0.29) is 13.0 Å². The summed E-state index contributed by atoms with van der Waals surface area (Å²) >= 11 is 5.86. The van der Waals surface area contributed by atoms with Gasteiger partial charge in [0, 0.05) is 11.4 Å². The normalized spacial score (nSPS) is 11.9. The number of ketones is 1. The molecule has 0 saturated heterocycles. The highest BCUT2D eigenvalue weighted by Gasteiger charge is 2.21. The predicted octanol–water partition coefficient (Wildman–Crippen LogP) is 1.90. The van der Waals surface area contributed by atoms with E-state index in [4.69, 9.17) is 11.6 Å². The lowest BCUT2D eigenvalue weighted by Gasteiger charge is -2.11. The van der Waals surface area contributed by atoms with Crippen LogP contribution in [0.4, 0.5) is 0 Å². The Hall–Kier alpha value is -1.39. The van der Waals surface area contributed by atoms with Crippen LogP contribution in [0, 0.1) is 0 Å². The van der Waals surface area contributed by atoms with E-state index in [0.29, 0.717) is 10.6 Å². The first-order chi connectivity index (χ1) is 8.06. The van der Waals surface area contributed by atoms with Crippen LogP contribution in [0.3, 0.4) is 0 Å². The molecule has 0 radical (unpaired) electrons. The van der Waals surface area contributed by atoms with E-state index in [0.717, 1.165) is 0 Å². The predicted molar refractivity (Wildman–Crippen MR) is 62.7 cm³/mol. The maximum absolute atomic E-state index is 11.4. The molecule has 0 aliphatic heterocycles. The van der Waals surface area contributed by atoms with Crippen LogP contribution in [0.2, 0.25) is 5.02 Å². The second-order valence-electron chi connectivity index (χ2n) is 3.39.